The van der Waals surface area contributed by atoms with E-state index >= 15 is 0 Å². The fraction of sp³-hybridized carbons (Fsp3) is 0.308. The number of hydrogen-bond donors (Lipinski definition) is 2. The summed E-state index contributed by atoms with van der Waals surface area (Å²) in [5.74, 6) is -1.28. The van der Waals surface area contributed by atoms with E-state index in [-0.39, 0.29) is 35.3 Å². The number of hydrogen-bond acceptors (Lipinski definition) is 5. The first kappa shape index (κ1) is 29.5. The molecule has 3 aromatic rings. The lowest BCUT2D eigenvalue weighted by Gasteiger charge is -2.34. The molecule has 2 atom stereocenters. The number of nitrogens with zero attached hydrogens (tertiary/aromatic N) is 1. The predicted octanol–water partition coefficient (Wildman–Crippen LogP) is 5.18. The number of aliphatic hydroxyl groups is 1. The second-order valence-electron chi connectivity index (χ2n) is 9.38. The highest BCUT2D eigenvalue weighted by Crippen LogP contribution is 2.52. The third kappa shape index (κ3) is 4.94. The van der Waals surface area contributed by atoms with Crippen LogP contribution in [0.1, 0.15) is 40.7 Å². The average Bonchev–Trinajstić information content (AvgIpc) is 3.33. The van der Waals surface area contributed by atoms with Gasteiger partial charge in [-0.25, -0.2) is 12.8 Å². The Labute approximate surface area is 223 Å². The summed E-state index contributed by atoms with van der Waals surface area (Å²) in [5.41, 5.74) is -6.67. The van der Waals surface area contributed by atoms with Gasteiger partial charge in [0.15, 0.2) is 9.84 Å². The third-order valence-corrected chi connectivity index (χ3v) is 9.57. The second kappa shape index (κ2) is 10.1. The number of carbonyl (C=O) groups excluding carboxylic acids is 1. The van der Waals surface area contributed by atoms with Gasteiger partial charge < -0.3 is 10.4 Å². The summed E-state index contributed by atoms with van der Waals surface area (Å²) in [6.07, 6.45) is -9.87. The van der Waals surface area contributed by atoms with E-state index in [1.807, 2.05) is 0 Å². The molecule has 0 saturated heterocycles. The first-order chi connectivity index (χ1) is 18.5. The van der Waals surface area contributed by atoms with Crippen molar-refractivity contribution in [3.8, 4) is 0 Å². The van der Waals surface area contributed by atoms with Crippen LogP contribution >= 0.6 is 0 Å². The van der Waals surface area contributed by atoms with Gasteiger partial charge in [0.2, 0.25) is 0 Å². The zero-order valence-electron chi connectivity index (χ0n) is 20.3. The van der Waals surface area contributed by atoms with Crippen molar-refractivity contribution in [3.05, 3.63) is 95.6 Å². The molecule has 40 heavy (non-hydrogen) atoms. The van der Waals surface area contributed by atoms with Crippen molar-refractivity contribution < 1.29 is 49.1 Å². The van der Waals surface area contributed by atoms with E-state index in [0.717, 1.165) is 36.4 Å². The Bertz CT molecular complexity index is 1460. The van der Waals surface area contributed by atoms with Gasteiger partial charge in [0.1, 0.15) is 10.6 Å². The van der Waals surface area contributed by atoms with Gasteiger partial charge in [0, 0.05) is 29.6 Å². The Morgan fingerprint density at radius 2 is 1.45 bits per heavy atom. The number of amides is 1. The number of benzene rings is 2. The predicted molar refractivity (Wildman–Crippen MR) is 127 cm³/mol. The molecular weight excluding hydrogens is 569 g/mol. The SMILES string of the molecule is O=C(NC1CCC(c2ccc(C(O)(C(F)(F)F)C(F)(F)F)cc2)(S(=O)(=O)c2ccc(F)cc2)C1)c1ccncc1. The van der Waals surface area contributed by atoms with Gasteiger partial charge in [-0.1, -0.05) is 24.3 Å². The third-order valence-electron chi connectivity index (χ3n) is 7.04. The standard InChI is InChI=1S/C26H21F7N2O4S/c27-19-5-7-21(8-6-19)40(38,39)23(12-9-20(15-23)35-22(36)16-10-13-34-14-11-16)17-1-3-18(4-2-17)24(37,25(28,29)30)26(31,32)33/h1-8,10-11,13-14,20,37H,9,12,15H2,(H,35,36). The number of pyridine rings is 1. The lowest BCUT2D eigenvalue weighted by molar-refractivity contribution is -0.376. The number of sulfone groups is 1. The Morgan fingerprint density at radius 1 is 0.900 bits per heavy atom. The van der Waals surface area contributed by atoms with Crippen LogP contribution in [0.3, 0.4) is 0 Å². The van der Waals surface area contributed by atoms with Crippen molar-refractivity contribution in [3.63, 3.8) is 0 Å². The maximum absolute atomic E-state index is 13.9. The maximum atomic E-state index is 13.9. The molecule has 1 amide bonds. The zero-order chi connectivity index (χ0) is 29.6. The highest BCUT2D eigenvalue weighted by molar-refractivity contribution is 7.92. The molecule has 1 saturated carbocycles. The molecule has 14 heteroatoms. The summed E-state index contributed by atoms with van der Waals surface area (Å²) in [4.78, 5) is 16.1. The van der Waals surface area contributed by atoms with Crippen LogP contribution in [0.5, 0.6) is 0 Å². The Hall–Kier alpha value is -3.52. The van der Waals surface area contributed by atoms with Crippen molar-refractivity contribution in [1.82, 2.24) is 10.3 Å². The van der Waals surface area contributed by atoms with E-state index in [4.69, 9.17) is 0 Å². The smallest absolute Gasteiger partial charge is 0.369 e. The average molecular weight is 591 g/mol. The molecular formula is C26H21F7N2O4S. The highest BCUT2D eigenvalue weighted by Gasteiger charge is 2.71. The molecule has 1 fully saturated rings. The van der Waals surface area contributed by atoms with Gasteiger partial charge in [0.25, 0.3) is 11.5 Å². The van der Waals surface area contributed by atoms with Gasteiger partial charge in [-0.2, -0.15) is 26.3 Å². The molecule has 2 aromatic carbocycles. The molecule has 2 unspecified atom stereocenters. The van der Waals surface area contributed by atoms with E-state index in [1.54, 1.807) is 0 Å². The minimum absolute atomic E-state index is 0.0913. The molecule has 0 aliphatic heterocycles. The fourth-order valence-corrected chi connectivity index (χ4v) is 7.11. The summed E-state index contributed by atoms with van der Waals surface area (Å²) < 4.78 is 120. The van der Waals surface area contributed by atoms with Crippen LogP contribution in [0.4, 0.5) is 30.7 Å². The summed E-state index contributed by atoms with van der Waals surface area (Å²) in [6.45, 7) is 0. The van der Waals surface area contributed by atoms with Crippen molar-refractivity contribution in [1.29, 1.82) is 0 Å². The molecule has 1 heterocycles. The minimum atomic E-state index is -6.12. The van der Waals surface area contributed by atoms with Crippen molar-refractivity contribution in [2.75, 3.05) is 0 Å². The van der Waals surface area contributed by atoms with Crippen LogP contribution in [0, 0.1) is 5.82 Å². The fourth-order valence-electron chi connectivity index (χ4n) is 4.91. The molecule has 0 bridgehead atoms. The van der Waals surface area contributed by atoms with E-state index in [2.05, 4.69) is 10.3 Å². The van der Waals surface area contributed by atoms with Crippen LogP contribution in [0.2, 0.25) is 0 Å². The lowest BCUT2D eigenvalue weighted by atomic mass is 9.88. The summed E-state index contributed by atoms with van der Waals surface area (Å²) in [7, 11) is -4.44. The van der Waals surface area contributed by atoms with Gasteiger partial charge >= 0.3 is 12.4 Å². The molecule has 2 N–H and O–H groups in total. The molecule has 4 rings (SSSR count). The van der Waals surface area contributed by atoms with Crippen LogP contribution in [-0.4, -0.2) is 42.8 Å². The molecule has 1 aliphatic carbocycles. The summed E-state index contributed by atoms with van der Waals surface area (Å²) >= 11 is 0. The van der Waals surface area contributed by atoms with E-state index in [1.165, 1.54) is 24.5 Å². The van der Waals surface area contributed by atoms with Crippen molar-refractivity contribution in [2.45, 2.75) is 52.9 Å². The van der Waals surface area contributed by atoms with Crippen molar-refractivity contribution in [2.24, 2.45) is 0 Å². The second-order valence-corrected chi connectivity index (χ2v) is 11.6. The minimum Gasteiger partial charge on any atom is -0.369 e. The van der Waals surface area contributed by atoms with Gasteiger partial charge in [-0.3, -0.25) is 9.78 Å². The van der Waals surface area contributed by atoms with E-state index in [9.17, 15) is 49.1 Å². The summed E-state index contributed by atoms with van der Waals surface area (Å²) in [6, 6.07) is 8.20. The highest BCUT2D eigenvalue weighted by atomic mass is 32.2. The number of nitrogens with one attached hydrogen (secondary N) is 1. The van der Waals surface area contributed by atoms with E-state index in [0.29, 0.717) is 12.1 Å². The normalized spacial score (nSPS) is 20.4. The van der Waals surface area contributed by atoms with Crippen LogP contribution in [0.15, 0.2) is 78.0 Å². The molecule has 1 aliphatic rings. The molecule has 6 nitrogen and oxygen atoms in total. The number of carbonyl (C=O) groups is 1. The Balaban J connectivity index is 1.78. The Morgan fingerprint density at radius 3 is 1.98 bits per heavy atom. The quantitative estimate of drug-likeness (QED) is 0.305. The van der Waals surface area contributed by atoms with Gasteiger partial charge in [-0.15, -0.1) is 0 Å². The number of alkyl halides is 6. The maximum Gasteiger partial charge on any atom is 0.430 e. The molecule has 1 aromatic heterocycles. The lowest BCUT2D eigenvalue weighted by Crippen LogP contribution is -2.53. The number of rotatable bonds is 6. The van der Waals surface area contributed by atoms with Gasteiger partial charge in [0.05, 0.1) is 4.90 Å². The number of halogens is 7. The molecule has 0 radical (unpaired) electrons. The topological polar surface area (TPSA) is 96.4 Å². The first-order valence-corrected chi connectivity index (χ1v) is 13.2. The zero-order valence-corrected chi connectivity index (χ0v) is 21.1. The molecule has 0 spiro atoms. The monoisotopic (exact) mass is 590 g/mol. The molecule has 214 valence electrons. The first-order valence-electron chi connectivity index (χ1n) is 11.7. The van der Waals surface area contributed by atoms with Gasteiger partial charge in [-0.05, 0) is 61.2 Å². The van der Waals surface area contributed by atoms with Crippen LogP contribution < -0.4 is 5.32 Å². The largest absolute Gasteiger partial charge is 0.430 e. The van der Waals surface area contributed by atoms with Crippen molar-refractivity contribution >= 4 is 15.7 Å². The summed E-state index contributed by atoms with van der Waals surface area (Å²) in [5, 5.41) is 12.4. The van der Waals surface area contributed by atoms with Crippen LogP contribution in [-0.2, 0) is 20.2 Å². The number of aromatic nitrogens is 1. The Kier molecular flexibility index (Phi) is 7.47. The van der Waals surface area contributed by atoms with Crippen LogP contribution in [0.25, 0.3) is 0 Å². The van der Waals surface area contributed by atoms with E-state index < -0.39 is 55.9 Å².